The van der Waals surface area contributed by atoms with Crippen molar-refractivity contribution in [2.45, 2.75) is 25.7 Å². The molecule has 3 N–H and O–H groups in total. The molecule has 0 aliphatic heterocycles. The predicted octanol–water partition coefficient (Wildman–Crippen LogP) is 3.78. The van der Waals surface area contributed by atoms with Gasteiger partial charge in [-0.05, 0) is 42.7 Å². The lowest BCUT2D eigenvalue weighted by Crippen LogP contribution is -2.15. The Labute approximate surface area is 123 Å². The van der Waals surface area contributed by atoms with Crippen LogP contribution in [0.1, 0.15) is 25.7 Å². The molecular weight excluding hydrogens is 280 g/mol. The van der Waals surface area contributed by atoms with E-state index >= 15 is 0 Å². The van der Waals surface area contributed by atoms with Crippen LogP contribution in [0.4, 0.5) is 11.4 Å². The van der Waals surface area contributed by atoms with Gasteiger partial charge in [0.05, 0.1) is 16.5 Å². The van der Waals surface area contributed by atoms with Crippen molar-refractivity contribution in [1.29, 1.82) is 0 Å². The summed E-state index contributed by atoms with van der Waals surface area (Å²) in [6, 6.07) is 5.09. The first-order chi connectivity index (χ1) is 9.15. The molecule has 1 aliphatic rings. The van der Waals surface area contributed by atoms with E-state index in [1.54, 1.807) is 30.0 Å². The minimum atomic E-state index is -0.0181. The third kappa shape index (κ3) is 4.62. The first kappa shape index (κ1) is 14.5. The van der Waals surface area contributed by atoms with Gasteiger partial charge in [0.2, 0.25) is 5.91 Å². The van der Waals surface area contributed by atoms with Crippen molar-refractivity contribution in [3.8, 4) is 0 Å². The standard InChI is InChI=1S/C14H19ClN2OS/c15-12-6-5-11(16)7-13(12)17-14(18)9-19-8-10-3-1-2-4-10/h5-7,10H,1-4,8-9,16H2,(H,17,18). The van der Waals surface area contributed by atoms with Gasteiger partial charge in [0, 0.05) is 5.69 Å². The summed E-state index contributed by atoms with van der Waals surface area (Å²) < 4.78 is 0. The van der Waals surface area contributed by atoms with Gasteiger partial charge in [0.25, 0.3) is 0 Å². The van der Waals surface area contributed by atoms with Crippen molar-refractivity contribution in [2.24, 2.45) is 5.92 Å². The van der Waals surface area contributed by atoms with Gasteiger partial charge in [-0.25, -0.2) is 0 Å². The fourth-order valence-corrected chi connectivity index (χ4v) is 3.53. The molecule has 1 aromatic rings. The molecule has 104 valence electrons. The Morgan fingerprint density at radius 3 is 2.89 bits per heavy atom. The van der Waals surface area contributed by atoms with Crippen molar-refractivity contribution in [1.82, 2.24) is 0 Å². The number of nitrogens with two attached hydrogens (primary N) is 1. The van der Waals surface area contributed by atoms with Gasteiger partial charge in [0.1, 0.15) is 0 Å². The van der Waals surface area contributed by atoms with Gasteiger partial charge in [-0.2, -0.15) is 11.8 Å². The third-order valence-electron chi connectivity index (χ3n) is 3.33. The number of nitrogens with one attached hydrogen (secondary N) is 1. The van der Waals surface area contributed by atoms with Crippen LogP contribution in [0.25, 0.3) is 0 Å². The Morgan fingerprint density at radius 2 is 2.16 bits per heavy atom. The Bertz CT molecular complexity index is 447. The molecule has 0 atom stereocenters. The average Bonchev–Trinajstić information content (AvgIpc) is 2.87. The van der Waals surface area contributed by atoms with Gasteiger partial charge in [-0.1, -0.05) is 24.4 Å². The summed E-state index contributed by atoms with van der Waals surface area (Å²) in [4.78, 5) is 11.8. The zero-order valence-electron chi connectivity index (χ0n) is 10.8. The first-order valence-electron chi connectivity index (χ1n) is 6.58. The lowest BCUT2D eigenvalue weighted by atomic mass is 10.1. The van der Waals surface area contributed by atoms with Crippen LogP contribution in [-0.2, 0) is 4.79 Å². The van der Waals surface area contributed by atoms with Crippen molar-refractivity contribution < 1.29 is 4.79 Å². The number of hydrogen-bond donors (Lipinski definition) is 2. The van der Waals surface area contributed by atoms with E-state index in [2.05, 4.69) is 5.32 Å². The molecule has 0 heterocycles. The number of nitrogen functional groups attached to an aromatic ring is 1. The maximum atomic E-state index is 11.8. The summed E-state index contributed by atoms with van der Waals surface area (Å²) in [6.45, 7) is 0. The number of hydrogen-bond acceptors (Lipinski definition) is 3. The average molecular weight is 299 g/mol. The van der Waals surface area contributed by atoms with Crippen LogP contribution >= 0.6 is 23.4 Å². The van der Waals surface area contributed by atoms with Crippen molar-refractivity contribution in [3.63, 3.8) is 0 Å². The van der Waals surface area contributed by atoms with Gasteiger partial charge < -0.3 is 11.1 Å². The highest BCUT2D eigenvalue weighted by Crippen LogP contribution is 2.28. The van der Waals surface area contributed by atoms with E-state index in [0.29, 0.717) is 22.2 Å². The zero-order valence-corrected chi connectivity index (χ0v) is 12.4. The van der Waals surface area contributed by atoms with E-state index in [1.807, 2.05) is 0 Å². The van der Waals surface area contributed by atoms with E-state index in [9.17, 15) is 4.79 Å². The molecular formula is C14H19ClN2OS. The van der Waals surface area contributed by atoms with E-state index in [0.717, 1.165) is 11.7 Å². The minimum Gasteiger partial charge on any atom is -0.399 e. The Balaban J connectivity index is 1.75. The number of amides is 1. The second kappa shape index (κ2) is 7.06. The summed E-state index contributed by atoms with van der Waals surface area (Å²) in [5.41, 5.74) is 6.86. The van der Waals surface area contributed by atoms with Crippen LogP contribution in [0.2, 0.25) is 5.02 Å². The molecule has 0 saturated heterocycles. The number of rotatable bonds is 5. The molecule has 1 fully saturated rings. The highest BCUT2D eigenvalue weighted by molar-refractivity contribution is 7.99. The Morgan fingerprint density at radius 1 is 1.42 bits per heavy atom. The predicted molar refractivity (Wildman–Crippen MR) is 83.8 cm³/mol. The smallest absolute Gasteiger partial charge is 0.234 e. The number of thioether (sulfide) groups is 1. The van der Waals surface area contributed by atoms with E-state index < -0.39 is 0 Å². The molecule has 1 saturated carbocycles. The number of benzene rings is 1. The zero-order chi connectivity index (χ0) is 13.7. The normalized spacial score (nSPS) is 15.6. The maximum absolute atomic E-state index is 11.8. The molecule has 0 radical (unpaired) electrons. The molecule has 1 aromatic carbocycles. The van der Waals surface area contributed by atoms with Crippen LogP contribution in [0, 0.1) is 5.92 Å². The highest BCUT2D eigenvalue weighted by atomic mass is 35.5. The van der Waals surface area contributed by atoms with Crippen molar-refractivity contribution in [2.75, 3.05) is 22.6 Å². The largest absolute Gasteiger partial charge is 0.399 e. The quantitative estimate of drug-likeness (QED) is 0.813. The second-order valence-corrected chi connectivity index (χ2v) is 6.39. The first-order valence-corrected chi connectivity index (χ1v) is 8.11. The lowest BCUT2D eigenvalue weighted by molar-refractivity contribution is -0.113. The van der Waals surface area contributed by atoms with Crippen LogP contribution in [0.5, 0.6) is 0 Å². The third-order valence-corrected chi connectivity index (χ3v) is 4.83. The Kier molecular flexibility index (Phi) is 5.40. The summed E-state index contributed by atoms with van der Waals surface area (Å²) >= 11 is 7.70. The van der Waals surface area contributed by atoms with E-state index in [1.165, 1.54) is 25.7 Å². The highest BCUT2D eigenvalue weighted by Gasteiger charge is 2.15. The Hall–Kier alpha value is -0.870. The van der Waals surface area contributed by atoms with E-state index in [-0.39, 0.29) is 5.91 Å². The summed E-state index contributed by atoms with van der Waals surface area (Å²) in [5.74, 6) is 2.34. The molecule has 1 amide bonds. The SMILES string of the molecule is Nc1ccc(Cl)c(NC(=O)CSCC2CCCC2)c1. The molecule has 2 rings (SSSR count). The lowest BCUT2D eigenvalue weighted by Gasteiger charge is -2.10. The minimum absolute atomic E-state index is 0.0181. The van der Waals surface area contributed by atoms with Crippen LogP contribution in [-0.4, -0.2) is 17.4 Å². The maximum Gasteiger partial charge on any atom is 0.234 e. The summed E-state index contributed by atoms with van der Waals surface area (Å²) in [5, 5.41) is 3.32. The second-order valence-electron chi connectivity index (χ2n) is 4.95. The number of carbonyl (C=O) groups is 1. The van der Waals surface area contributed by atoms with Gasteiger partial charge >= 0.3 is 0 Å². The van der Waals surface area contributed by atoms with Crippen molar-refractivity contribution in [3.05, 3.63) is 23.2 Å². The fraction of sp³-hybridized carbons (Fsp3) is 0.500. The van der Waals surface area contributed by atoms with Crippen LogP contribution in [0.3, 0.4) is 0 Å². The van der Waals surface area contributed by atoms with Crippen LogP contribution in [0.15, 0.2) is 18.2 Å². The molecule has 3 nitrogen and oxygen atoms in total. The number of halogens is 1. The van der Waals surface area contributed by atoms with Gasteiger partial charge in [-0.15, -0.1) is 0 Å². The molecule has 0 bridgehead atoms. The molecule has 0 aromatic heterocycles. The van der Waals surface area contributed by atoms with Gasteiger partial charge in [0.15, 0.2) is 0 Å². The molecule has 0 unspecified atom stereocenters. The topological polar surface area (TPSA) is 55.1 Å². The van der Waals surface area contributed by atoms with E-state index in [4.69, 9.17) is 17.3 Å². The fourth-order valence-electron chi connectivity index (χ4n) is 2.32. The van der Waals surface area contributed by atoms with Gasteiger partial charge in [-0.3, -0.25) is 4.79 Å². The number of anilines is 2. The van der Waals surface area contributed by atoms with Crippen molar-refractivity contribution >= 4 is 40.6 Å². The molecule has 19 heavy (non-hydrogen) atoms. The van der Waals surface area contributed by atoms with Crippen LogP contribution < -0.4 is 11.1 Å². The molecule has 0 spiro atoms. The summed E-state index contributed by atoms with van der Waals surface area (Å²) in [6.07, 6.45) is 5.32. The number of carbonyl (C=O) groups excluding carboxylic acids is 1. The summed E-state index contributed by atoms with van der Waals surface area (Å²) in [7, 11) is 0. The monoisotopic (exact) mass is 298 g/mol. The molecule has 5 heteroatoms. The molecule has 1 aliphatic carbocycles.